The van der Waals surface area contributed by atoms with Gasteiger partial charge in [0.2, 0.25) is 10.0 Å². The fraction of sp³-hybridized carbons (Fsp3) is 1.00. The average molecular weight is 408 g/mol. The predicted molar refractivity (Wildman–Crippen MR) is 86.1 cm³/mol. The molecule has 25 heavy (non-hydrogen) atoms. The predicted octanol–water partition coefficient (Wildman–Crippen LogP) is -4.85. The monoisotopic (exact) mass is 408 g/mol. The molecule has 0 aromatic carbocycles. The van der Waals surface area contributed by atoms with Crippen molar-refractivity contribution in [2.45, 2.75) is 55.9 Å². The van der Waals surface area contributed by atoms with Gasteiger partial charge in [0.15, 0.2) is 0 Å². The Hall–Kier alpha value is 0.660. The molecule has 2 aliphatic rings. The van der Waals surface area contributed by atoms with Crippen LogP contribution in [0.4, 0.5) is 0 Å². The first-order chi connectivity index (χ1) is 11.1. The number of ether oxygens (including phenoxy) is 1. The fourth-order valence-corrected chi connectivity index (χ4v) is 4.43. The van der Waals surface area contributed by atoms with Gasteiger partial charge in [0, 0.05) is 6.54 Å². The molecule has 4 N–H and O–H groups in total. The summed E-state index contributed by atoms with van der Waals surface area (Å²) in [6.45, 7) is 0.817. The summed E-state index contributed by atoms with van der Waals surface area (Å²) in [5.74, 6) is 0. The van der Waals surface area contributed by atoms with Gasteiger partial charge in [-0.25, -0.2) is 16.8 Å². The van der Waals surface area contributed by atoms with Crippen molar-refractivity contribution in [3.05, 3.63) is 0 Å². The molecule has 142 valence electrons. The molecule has 0 amide bonds. The van der Waals surface area contributed by atoms with Crippen LogP contribution in [-0.4, -0.2) is 64.7 Å². The van der Waals surface area contributed by atoms with Crippen LogP contribution in [0.3, 0.4) is 0 Å². The Kier molecular flexibility index (Phi) is 9.74. The zero-order valence-electron chi connectivity index (χ0n) is 14.5. The minimum atomic E-state index is -4.27. The molecule has 1 saturated heterocycles. The van der Waals surface area contributed by atoms with Crippen LogP contribution in [0.1, 0.15) is 32.1 Å². The molecule has 1 saturated carbocycles. The second kappa shape index (κ2) is 10.3. The van der Waals surface area contributed by atoms with Gasteiger partial charge in [-0.05, 0) is 32.1 Å². The Morgan fingerprint density at radius 2 is 1.92 bits per heavy atom. The van der Waals surface area contributed by atoms with Crippen LogP contribution in [0.25, 0.3) is 0 Å². The van der Waals surface area contributed by atoms with E-state index in [1.54, 1.807) is 0 Å². The van der Waals surface area contributed by atoms with Crippen molar-refractivity contribution in [2.75, 3.05) is 19.5 Å². The normalized spacial score (nSPS) is 31.3. The maximum Gasteiger partial charge on any atom is 1.00 e. The smallest absolute Gasteiger partial charge is 0.748 e. The average Bonchev–Trinajstić information content (AvgIpc) is 2.45. The summed E-state index contributed by atoms with van der Waals surface area (Å²) in [7, 11) is -7.59. The van der Waals surface area contributed by atoms with Gasteiger partial charge in [-0.1, -0.05) is 0 Å². The molecule has 4 atom stereocenters. The molecular weight excluding hydrogens is 383 g/mol. The van der Waals surface area contributed by atoms with Crippen molar-refractivity contribution in [1.29, 1.82) is 0 Å². The van der Waals surface area contributed by atoms with Crippen molar-refractivity contribution in [1.82, 2.24) is 20.7 Å². The third-order valence-electron chi connectivity index (χ3n) is 4.12. The Morgan fingerprint density at radius 1 is 1.20 bits per heavy atom. The van der Waals surface area contributed by atoms with Crippen molar-refractivity contribution in [2.24, 2.45) is 0 Å². The third kappa shape index (κ3) is 8.93. The molecule has 4 unspecified atom stereocenters. The molecule has 0 aromatic heterocycles. The summed E-state index contributed by atoms with van der Waals surface area (Å²) in [4.78, 5) is 0. The van der Waals surface area contributed by atoms with Crippen molar-refractivity contribution in [3.8, 4) is 0 Å². The van der Waals surface area contributed by atoms with E-state index in [0.29, 0.717) is 19.4 Å². The molecule has 2 rings (SSSR count). The zero-order chi connectivity index (χ0) is 17.8. The molecular formula is C12H25N4NaO6S2. The summed E-state index contributed by atoms with van der Waals surface area (Å²) in [6, 6.07) is 0. The number of hydrogen-bond acceptors (Lipinski definition) is 9. The van der Waals surface area contributed by atoms with Gasteiger partial charge in [0.1, 0.15) is 6.29 Å². The van der Waals surface area contributed by atoms with Crippen LogP contribution in [0.5, 0.6) is 0 Å². The molecule has 1 aliphatic heterocycles. The van der Waals surface area contributed by atoms with Crippen LogP contribution in [0.15, 0.2) is 0 Å². The van der Waals surface area contributed by atoms with Gasteiger partial charge < -0.3 is 9.29 Å². The van der Waals surface area contributed by atoms with Crippen LogP contribution in [-0.2, 0) is 24.9 Å². The number of sulfonamides is 1. The van der Waals surface area contributed by atoms with E-state index in [0.717, 1.165) is 19.1 Å². The maximum atomic E-state index is 11.2. The molecule has 1 heterocycles. The Bertz CT molecular complexity index is 617. The largest absolute Gasteiger partial charge is 1.00 e. The van der Waals surface area contributed by atoms with E-state index in [4.69, 9.17) is 4.74 Å². The van der Waals surface area contributed by atoms with Gasteiger partial charge in [-0.2, -0.15) is 4.72 Å². The zero-order valence-corrected chi connectivity index (χ0v) is 18.2. The van der Waals surface area contributed by atoms with Crippen LogP contribution in [0.2, 0.25) is 0 Å². The molecule has 13 heteroatoms. The van der Waals surface area contributed by atoms with E-state index in [9.17, 15) is 21.4 Å². The number of rotatable bonds is 7. The second-order valence-corrected chi connectivity index (χ2v) is 9.64. The molecule has 2 fully saturated rings. The summed E-state index contributed by atoms with van der Waals surface area (Å²) >= 11 is 0. The van der Waals surface area contributed by atoms with Crippen LogP contribution < -0.4 is 50.2 Å². The Labute approximate surface area is 171 Å². The van der Waals surface area contributed by atoms with Gasteiger partial charge in [0.25, 0.3) is 0 Å². The minimum Gasteiger partial charge on any atom is -0.748 e. The van der Waals surface area contributed by atoms with Crippen LogP contribution >= 0.6 is 0 Å². The first-order valence-corrected chi connectivity index (χ1v) is 11.3. The van der Waals surface area contributed by atoms with E-state index in [2.05, 4.69) is 20.7 Å². The van der Waals surface area contributed by atoms with Gasteiger partial charge in [-0.15, -0.1) is 0 Å². The van der Waals surface area contributed by atoms with Crippen molar-refractivity contribution < 1.29 is 55.7 Å². The third-order valence-corrected chi connectivity index (χ3v) is 6.02. The minimum absolute atomic E-state index is 0. The number of hydrogen-bond donors (Lipinski definition) is 4. The first-order valence-electron chi connectivity index (χ1n) is 7.90. The van der Waals surface area contributed by atoms with E-state index >= 15 is 0 Å². The summed E-state index contributed by atoms with van der Waals surface area (Å²) in [6.07, 6.45) is 2.86. The topological polar surface area (TPSA) is 149 Å². The van der Waals surface area contributed by atoms with Crippen molar-refractivity contribution >= 4 is 20.1 Å². The summed E-state index contributed by atoms with van der Waals surface area (Å²) in [5, 5.41) is 8.26. The maximum absolute atomic E-state index is 11.2. The van der Waals surface area contributed by atoms with E-state index in [-0.39, 0.29) is 55.0 Å². The van der Waals surface area contributed by atoms with Crippen LogP contribution in [0, 0.1) is 0 Å². The first kappa shape index (κ1) is 23.7. The summed E-state index contributed by atoms with van der Waals surface area (Å²) in [5.41, 5.74) is 0. The fourth-order valence-electron chi connectivity index (χ4n) is 2.95. The van der Waals surface area contributed by atoms with E-state index < -0.39 is 31.7 Å². The SMILES string of the molecule is CS(=O)(=O)NC1NCCC(NCOC2CCCC(S(=O)(=O)[O-])C2)N1.[Na+]. The van der Waals surface area contributed by atoms with Gasteiger partial charge in [0.05, 0.1) is 40.6 Å². The quantitative estimate of drug-likeness (QED) is 0.185. The summed E-state index contributed by atoms with van der Waals surface area (Å²) < 4.78 is 63.8. The molecule has 0 bridgehead atoms. The number of nitrogens with one attached hydrogen (secondary N) is 4. The molecule has 0 radical (unpaired) electrons. The molecule has 0 aromatic rings. The van der Waals surface area contributed by atoms with E-state index in [1.165, 1.54) is 0 Å². The van der Waals surface area contributed by atoms with E-state index in [1.807, 2.05) is 0 Å². The Balaban J connectivity index is 0.00000312. The molecule has 10 nitrogen and oxygen atoms in total. The van der Waals surface area contributed by atoms with Gasteiger partial charge in [-0.3, -0.25) is 16.0 Å². The molecule has 1 aliphatic carbocycles. The molecule has 0 spiro atoms. The standard InChI is InChI=1S/C12H26N4O6S2.Na/c1-23(17,18)16-12-13-6-5-11(15-12)14-8-22-9-3-2-4-10(7-9)24(19,20)21;/h9-16H,2-8H2,1H3,(H,19,20,21);/q;+1/p-1. The second-order valence-electron chi connectivity index (χ2n) is 6.20. The van der Waals surface area contributed by atoms with Gasteiger partial charge >= 0.3 is 29.6 Å². The Morgan fingerprint density at radius 3 is 2.56 bits per heavy atom. The van der Waals surface area contributed by atoms with Crippen molar-refractivity contribution in [3.63, 3.8) is 0 Å².